The van der Waals surface area contributed by atoms with Gasteiger partial charge in [0.15, 0.2) is 0 Å². The van der Waals surface area contributed by atoms with Crippen LogP contribution in [0.4, 0.5) is 0 Å². The molecular formula is C10H15NO2. The van der Waals surface area contributed by atoms with Gasteiger partial charge in [0.05, 0.1) is 12.7 Å². The minimum atomic E-state index is -0.661. The minimum absolute atomic E-state index is 0.0144. The maximum atomic E-state index is 9.61. The Kier molecular flexibility index (Phi) is 3.42. The highest BCUT2D eigenvalue weighted by atomic mass is 16.3. The normalized spacial score (nSPS) is 15.4. The Morgan fingerprint density at radius 2 is 2.15 bits per heavy atom. The third-order valence-electron chi connectivity index (χ3n) is 1.97. The first-order valence-electron chi connectivity index (χ1n) is 4.28. The van der Waals surface area contributed by atoms with Crippen molar-refractivity contribution < 1.29 is 10.2 Å². The lowest BCUT2D eigenvalue weighted by atomic mass is 10.0. The van der Waals surface area contributed by atoms with E-state index in [4.69, 9.17) is 10.8 Å². The predicted molar refractivity (Wildman–Crippen MR) is 51.0 cm³/mol. The Balaban J connectivity index is 2.88. The fourth-order valence-electron chi connectivity index (χ4n) is 1.18. The monoisotopic (exact) mass is 181 g/mol. The van der Waals surface area contributed by atoms with E-state index in [1.54, 1.807) is 31.2 Å². The number of benzene rings is 1. The molecule has 0 aromatic heterocycles. The molecule has 3 nitrogen and oxygen atoms in total. The smallest absolute Gasteiger partial charge is 0.0938 e. The Hall–Kier alpha value is -0.900. The van der Waals surface area contributed by atoms with Crippen LogP contribution in [0.5, 0.6) is 0 Å². The summed E-state index contributed by atoms with van der Waals surface area (Å²) in [6.45, 7) is 1.73. The molecule has 0 aliphatic carbocycles. The Morgan fingerprint density at radius 3 is 2.69 bits per heavy atom. The molecule has 0 bridgehead atoms. The zero-order valence-corrected chi connectivity index (χ0v) is 7.64. The summed E-state index contributed by atoms with van der Waals surface area (Å²) in [4.78, 5) is 0. The maximum absolute atomic E-state index is 9.61. The lowest BCUT2D eigenvalue weighted by Gasteiger charge is -2.15. The van der Waals surface area contributed by atoms with Gasteiger partial charge in [-0.25, -0.2) is 0 Å². The van der Waals surface area contributed by atoms with Gasteiger partial charge in [0.1, 0.15) is 0 Å². The van der Waals surface area contributed by atoms with Crippen LogP contribution in [0.2, 0.25) is 0 Å². The average Bonchev–Trinajstić information content (AvgIpc) is 2.16. The third kappa shape index (κ3) is 2.52. The second kappa shape index (κ2) is 4.37. The molecule has 0 aliphatic rings. The van der Waals surface area contributed by atoms with E-state index in [2.05, 4.69) is 0 Å². The first kappa shape index (κ1) is 10.2. The molecule has 0 heterocycles. The number of hydrogen-bond acceptors (Lipinski definition) is 3. The van der Waals surface area contributed by atoms with Gasteiger partial charge in [-0.2, -0.15) is 0 Å². The third-order valence-corrected chi connectivity index (χ3v) is 1.97. The molecule has 1 rings (SSSR count). The number of nitrogens with two attached hydrogens (primary N) is 1. The largest absolute Gasteiger partial charge is 0.392 e. The van der Waals surface area contributed by atoms with Gasteiger partial charge in [-0.3, -0.25) is 0 Å². The highest BCUT2D eigenvalue weighted by Gasteiger charge is 2.11. The van der Waals surface area contributed by atoms with Gasteiger partial charge >= 0.3 is 0 Å². The molecule has 3 heteroatoms. The topological polar surface area (TPSA) is 66.5 Å². The van der Waals surface area contributed by atoms with Crippen LogP contribution in [-0.4, -0.2) is 16.3 Å². The van der Waals surface area contributed by atoms with Crippen molar-refractivity contribution in [3.05, 3.63) is 35.4 Å². The number of hydrogen-bond donors (Lipinski definition) is 3. The second-order valence-corrected chi connectivity index (χ2v) is 3.21. The lowest BCUT2D eigenvalue weighted by molar-refractivity contribution is 0.153. The summed E-state index contributed by atoms with van der Waals surface area (Å²) in [5.41, 5.74) is 7.09. The first-order chi connectivity index (χ1) is 6.15. The highest BCUT2D eigenvalue weighted by molar-refractivity contribution is 5.25. The number of rotatable bonds is 3. The molecule has 0 fully saturated rings. The molecule has 0 unspecified atom stereocenters. The van der Waals surface area contributed by atoms with Gasteiger partial charge in [-0.1, -0.05) is 24.3 Å². The standard InChI is InChI=1S/C10H15NO2/c1-7(11)10(13)9-4-2-3-8(5-9)6-12/h2-5,7,10,12-13H,6,11H2,1H3/t7-,10-/m1/s1. The fourth-order valence-corrected chi connectivity index (χ4v) is 1.18. The molecule has 0 radical (unpaired) electrons. The van der Waals surface area contributed by atoms with Gasteiger partial charge in [-0.05, 0) is 18.1 Å². The van der Waals surface area contributed by atoms with E-state index in [-0.39, 0.29) is 12.6 Å². The van der Waals surface area contributed by atoms with E-state index in [1.165, 1.54) is 0 Å². The summed E-state index contributed by atoms with van der Waals surface area (Å²) < 4.78 is 0. The molecule has 0 saturated heterocycles. The van der Waals surface area contributed by atoms with Crippen LogP contribution in [0.3, 0.4) is 0 Å². The maximum Gasteiger partial charge on any atom is 0.0938 e. The van der Waals surface area contributed by atoms with Gasteiger partial charge in [0.25, 0.3) is 0 Å². The van der Waals surface area contributed by atoms with E-state index >= 15 is 0 Å². The Morgan fingerprint density at radius 1 is 1.46 bits per heavy atom. The van der Waals surface area contributed by atoms with E-state index in [9.17, 15) is 5.11 Å². The number of aliphatic hydroxyl groups excluding tert-OH is 2. The van der Waals surface area contributed by atoms with Crippen LogP contribution < -0.4 is 5.73 Å². The first-order valence-corrected chi connectivity index (χ1v) is 4.28. The van der Waals surface area contributed by atoms with Gasteiger partial charge in [0.2, 0.25) is 0 Å². The van der Waals surface area contributed by atoms with Crippen molar-refractivity contribution in [2.24, 2.45) is 5.73 Å². The van der Waals surface area contributed by atoms with E-state index in [0.29, 0.717) is 0 Å². The number of aliphatic hydroxyl groups is 2. The van der Waals surface area contributed by atoms with Crippen LogP contribution in [0.25, 0.3) is 0 Å². The van der Waals surface area contributed by atoms with Crippen molar-refractivity contribution in [2.75, 3.05) is 0 Å². The zero-order chi connectivity index (χ0) is 9.84. The van der Waals surface area contributed by atoms with Gasteiger partial charge in [-0.15, -0.1) is 0 Å². The molecule has 4 N–H and O–H groups in total. The molecule has 2 atom stereocenters. The molecule has 0 aliphatic heterocycles. The van der Waals surface area contributed by atoms with Gasteiger partial charge < -0.3 is 15.9 Å². The summed E-state index contributed by atoms with van der Waals surface area (Å²) in [7, 11) is 0. The van der Waals surface area contributed by atoms with Crippen molar-refractivity contribution in [1.29, 1.82) is 0 Å². The summed E-state index contributed by atoms with van der Waals surface area (Å²) in [5, 5.41) is 18.5. The zero-order valence-electron chi connectivity index (χ0n) is 7.64. The second-order valence-electron chi connectivity index (χ2n) is 3.21. The molecule has 72 valence electrons. The van der Waals surface area contributed by atoms with E-state index in [0.717, 1.165) is 11.1 Å². The van der Waals surface area contributed by atoms with Crippen molar-refractivity contribution in [3.8, 4) is 0 Å². The molecule has 1 aromatic carbocycles. The quantitative estimate of drug-likeness (QED) is 0.638. The van der Waals surface area contributed by atoms with Crippen LogP contribution in [0.1, 0.15) is 24.2 Å². The molecule has 0 amide bonds. The average molecular weight is 181 g/mol. The predicted octanol–water partition coefficient (Wildman–Crippen LogP) is 0.560. The molecule has 0 saturated carbocycles. The van der Waals surface area contributed by atoms with Crippen molar-refractivity contribution in [3.63, 3.8) is 0 Å². The summed E-state index contributed by atoms with van der Waals surface area (Å²) in [5.74, 6) is 0. The fraction of sp³-hybridized carbons (Fsp3) is 0.400. The molecule has 1 aromatic rings. The summed E-state index contributed by atoms with van der Waals surface area (Å²) in [6.07, 6.45) is -0.661. The SMILES string of the molecule is C[C@@H](N)[C@@H](O)c1cccc(CO)c1. The molecular weight excluding hydrogens is 166 g/mol. The van der Waals surface area contributed by atoms with E-state index in [1.807, 2.05) is 0 Å². The van der Waals surface area contributed by atoms with Crippen LogP contribution in [0, 0.1) is 0 Å². The van der Waals surface area contributed by atoms with Crippen molar-refractivity contribution >= 4 is 0 Å². The Bertz CT molecular complexity index is 273. The van der Waals surface area contributed by atoms with E-state index < -0.39 is 6.10 Å². The van der Waals surface area contributed by atoms with Crippen LogP contribution in [0.15, 0.2) is 24.3 Å². The molecule has 0 spiro atoms. The molecule has 13 heavy (non-hydrogen) atoms. The van der Waals surface area contributed by atoms with Crippen molar-refractivity contribution in [2.45, 2.75) is 25.7 Å². The summed E-state index contributed by atoms with van der Waals surface area (Å²) >= 11 is 0. The Labute approximate surface area is 77.8 Å². The lowest BCUT2D eigenvalue weighted by Crippen LogP contribution is -2.24. The summed E-state index contributed by atoms with van der Waals surface area (Å²) in [6, 6.07) is 6.86. The van der Waals surface area contributed by atoms with Crippen LogP contribution in [-0.2, 0) is 6.61 Å². The minimum Gasteiger partial charge on any atom is -0.392 e. The van der Waals surface area contributed by atoms with Crippen molar-refractivity contribution in [1.82, 2.24) is 0 Å². The highest BCUT2D eigenvalue weighted by Crippen LogP contribution is 2.16. The van der Waals surface area contributed by atoms with Gasteiger partial charge in [0, 0.05) is 6.04 Å². The van der Waals surface area contributed by atoms with Crippen LogP contribution >= 0.6 is 0 Å².